The highest BCUT2D eigenvalue weighted by molar-refractivity contribution is 6.09. The Morgan fingerprint density at radius 1 is 1.07 bits per heavy atom. The number of amides is 1. The number of fused-ring (bicyclic) bond motifs is 1. The minimum absolute atomic E-state index is 0.146. The summed E-state index contributed by atoms with van der Waals surface area (Å²) in [7, 11) is 3.17. The van der Waals surface area contributed by atoms with Crippen LogP contribution in [0.2, 0.25) is 0 Å². The van der Waals surface area contributed by atoms with Gasteiger partial charge < -0.3 is 19.4 Å². The molecule has 0 bridgehead atoms. The van der Waals surface area contributed by atoms with Gasteiger partial charge in [-0.2, -0.15) is 0 Å². The molecular formula is C22H26N2O3. The number of aryl methyl sites for hydroxylation is 3. The summed E-state index contributed by atoms with van der Waals surface area (Å²) in [4.78, 5) is 13.1. The summed E-state index contributed by atoms with van der Waals surface area (Å²) >= 11 is 0. The largest absolute Gasteiger partial charge is 0.497 e. The first-order valence-electron chi connectivity index (χ1n) is 9.19. The number of methoxy groups -OCH3 is 2. The Bertz CT molecular complexity index is 989. The van der Waals surface area contributed by atoms with Gasteiger partial charge in [0.15, 0.2) is 0 Å². The smallest absolute Gasteiger partial charge is 0.272 e. The van der Waals surface area contributed by atoms with Gasteiger partial charge in [-0.25, -0.2) is 0 Å². The molecule has 0 atom stereocenters. The molecule has 3 aromatic rings. The third-order valence-corrected chi connectivity index (χ3v) is 4.98. The Hall–Kier alpha value is -2.95. The molecule has 2 aromatic carbocycles. The Kier molecular flexibility index (Phi) is 5.40. The van der Waals surface area contributed by atoms with Crippen molar-refractivity contribution in [2.75, 3.05) is 19.5 Å². The lowest BCUT2D eigenvalue weighted by atomic mass is 10.1. The van der Waals surface area contributed by atoms with Crippen molar-refractivity contribution in [3.63, 3.8) is 0 Å². The van der Waals surface area contributed by atoms with E-state index < -0.39 is 0 Å². The number of ether oxygens (including phenoxy) is 2. The molecule has 0 saturated heterocycles. The molecule has 1 aromatic heterocycles. The van der Waals surface area contributed by atoms with E-state index in [9.17, 15) is 4.79 Å². The number of hydrogen-bond donors (Lipinski definition) is 1. The monoisotopic (exact) mass is 366 g/mol. The summed E-state index contributed by atoms with van der Waals surface area (Å²) < 4.78 is 12.7. The lowest BCUT2D eigenvalue weighted by Gasteiger charge is -2.13. The molecule has 0 radical (unpaired) electrons. The molecule has 0 spiro atoms. The van der Waals surface area contributed by atoms with Gasteiger partial charge in [0.1, 0.15) is 17.2 Å². The zero-order chi connectivity index (χ0) is 19.6. The van der Waals surface area contributed by atoms with Crippen LogP contribution in [0.1, 0.15) is 35.5 Å². The third-order valence-electron chi connectivity index (χ3n) is 4.98. The number of aromatic nitrogens is 1. The number of carbonyl (C=O) groups excluding carboxylic acids is 1. The number of hydrogen-bond acceptors (Lipinski definition) is 3. The topological polar surface area (TPSA) is 52.5 Å². The third kappa shape index (κ3) is 3.37. The van der Waals surface area contributed by atoms with Gasteiger partial charge in [-0.05, 0) is 55.7 Å². The van der Waals surface area contributed by atoms with E-state index in [1.165, 1.54) is 5.56 Å². The van der Waals surface area contributed by atoms with E-state index in [0.717, 1.165) is 29.4 Å². The van der Waals surface area contributed by atoms with Crippen molar-refractivity contribution < 1.29 is 14.3 Å². The van der Waals surface area contributed by atoms with Crippen molar-refractivity contribution in [2.24, 2.45) is 0 Å². The van der Waals surface area contributed by atoms with Crippen LogP contribution < -0.4 is 14.8 Å². The van der Waals surface area contributed by atoms with Crippen molar-refractivity contribution in [3.8, 4) is 11.5 Å². The zero-order valence-corrected chi connectivity index (χ0v) is 16.6. The van der Waals surface area contributed by atoms with Crippen LogP contribution >= 0.6 is 0 Å². The molecule has 0 fully saturated rings. The summed E-state index contributed by atoms with van der Waals surface area (Å²) in [6.07, 6.45) is 0.970. The predicted molar refractivity (Wildman–Crippen MR) is 109 cm³/mol. The molecule has 27 heavy (non-hydrogen) atoms. The minimum Gasteiger partial charge on any atom is -0.497 e. The van der Waals surface area contributed by atoms with Gasteiger partial charge in [-0.3, -0.25) is 4.79 Å². The molecule has 0 saturated carbocycles. The average molecular weight is 366 g/mol. The van der Waals surface area contributed by atoms with E-state index in [1.54, 1.807) is 32.4 Å². The molecule has 5 heteroatoms. The average Bonchev–Trinajstić information content (AvgIpc) is 2.99. The van der Waals surface area contributed by atoms with Crippen LogP contribution in [0.25, 0.3) is 10.9 Å². The van der Waals surface area contributed by atoms with Gasteiger partial charge >= 0.3 is 0 Å². The highest BCUT2D eigenvalue weighted by Crippen LogP contribution is 2.31. The number of carbonyl (C=O) groups is 1. The first-order valence-corrected chi connectivity index (χ1v) is 9.19. The van der Waals surface area contributed by atoms with Crippen molar-refractivity contribution in [1.82, 2.24) is 4.57 Å². The predicted octanol–water partition coefficient (Wildman–Crippen LogP) is 4.80. The molecule has 142 valence electrons. The number of nitrogens with zero attached hydrogens (tertiary/aromatic N) is 1. The van der Waals surface area contributed by atoms with Crippen LogP contribution in [0.4, 0.5) is 5.69 Å². The van der Waals surface area contributed by atoms with Crippen LogP contribution in [0, 0.1) is 6.92 Å². The van der Waals surface area contributed by atoms with Gasteiger partial charge in [-0.1, -0.05) is 13.0 Å². The van der Waals surface area contributed by atoms with Crippen molar-refractivity contribution in [3.05, 3.63) is 53.2 Å². The van der Waals surface area contributed by atoms with E-state index >= 15 is 0 Å². The fraction of sp³-hybridized carbons (Fsp3) is 0.318. The van der Waals surface area contributed by atoms with Crippen molar-refractivity contribution >= 4 is 22.5 Å². The molecule has 3 rings (SSSR count). The van der Waals surface area contributed by atoms with E-state index in [4.69, 9.17) is 9.47 Å². The molecule has 0 aliphatic carbocycles. The fourth-order valence-electron chi connectivity index (χ4n) is 3.49. The minimum atomic E-state index is -0.146. The van der Waals surface area contributed by atoms with Gasteiger partial charge in [0.05, 0.1) is 19.9 Å². The lowest BCUT2D eigenvalue weighted by molar-refractivity contribution is 0.101. The van der Waals surface area contributed by atoms with Gasteiger partial charge in [-0.15, -0.1) is 0 Å². The van der Waals surface area contributed by atoms with Crippen molar-refractivity contribution in [2.45, 2.75) is 33.7 Å². The summed E-state index contributed by atoms with van der Waals surface area (Å²) in [6, 6.07) is 11.8. The molecule has 0 unspecified atom stereocenters. The standard InChI is InChI=1S/C22H26N2O3/c1-6-15-8-11-19-17(12-15)14(3)21(24(19)7-2)22(25)23-18-10-9-16(26-4)13-20(18)27-5/h8-13H,6-7H2,1-5H3,(H,23,25). The summed E-state index contributed by atoms with van der Waals surface area (Å²) in [5.74, 6) is 1.09. The summed E-state index contributed by atoms with van der Waals surface area (Å²) in [5, 5.41) is 4.12. The van der Waals surface area contributed by atoms with E-state index in [1.807, 2.05) is 6.92 Å². The first-order chi connectivity index (χ1) is 13.0. The molecular weight excluding hydrogens is 340 g/mol. The molecule has 0 aliphatic rings. The number of anilines is 1. The zero-order valence-electron chi connectivity index (χ0n) is 16.6. The quantitative estimate of drug-likeness (QED) is 0.682. The van der Waals surface area contributed by atoms with Crippen LogP contribution in [-0.2, 0) is 13.0 Å². The Morgan fingerprint density at radius 2 is 1.85 bits per heavy atom. The fourth-order valence-corrected chi connectivity index (χ4v) is 3.49. The highest BCUT2D eigenvalue weighted by Gasteiger charge is 2.21. The summed E-state index contributed by atoms with van der Waals surface area (Å²) in [6.45, 7) is 6.92. The molecule has 5 nitrogen and oxygen atoms in total. The van der Waals surface area contributed by atoms with Crippen molar-refractivity contribution in [1.29, 1.82) is 0 Å². The second kappa shape index (κ2) is 7.74. The molecule has 0 aliphatic heterocycles. The maximum atomic E-state index is 13.1. The van der Waals surface area contributed by atoms with E-state index in [0.29, 0.717) is 22.9 Å². The number of benzene rings is 2. The maximum Gasteiger partial charge on any atom is 0.272 e. The highest BCUT2D eigenvalue weighted by atomic mass is 16.5. The van der Waals surface area contributed by atoms with Crippen LogP contribution in [-0.4, -0.2) is 24.7 Å². The molecule has 1 N–H and O–H groups in total. The second-order valence-corrected chi connectivity index (χ2v) is 6.44. The Labute approximate surface area is 159 Å². The van der Waals surface area contributed by atoms with Crippen LogP contribution in [0.15, 0.2) is 36.4 Å². The van der Waals surface area contributed by atoms with Gasteiger partial charge in [0.25, 0.3) is 5.91 Å². The first kappa shape index (κ1) is 18.8. The lowest BCUT2D eigenvalue weighted by Crippen LogP contribution is -2.18. The van der Waals surface area contributed by atoms with E-state index in [2.05, 4.69) is 41.9 Å². The maximum absolute atomic E-state index is 13.1. The SMILES string of the molecule is CCc1ccc2c(c1)c(C)c(C(=O)Nc1ccc(OC)cc1OC)n2CC. The molecule has 1 amide bonds. The Morgan fingerprint density at radius 3 is 2.48 bits per heavy atom. The Balaban J connectivity index is 2.04. The van der Waals surface area contributed by atoms with Gasteiger partial charge in [0, 0.05) is 23.5 Å². The van der Waals surface area contributed by atoms with E-state index in [-0.39, 0.29) is 5.91 Å². The normalized spacial score (nSPS) is 10.9. The second-order valence-electron chi connectivity index (χ2n) is 6.44. The number of rotatable bonds is 6. The number of nitrogens with one attached hydrogen (secondary N) is 1. The van der Waals surface area contributed by atoms with Gasteiger partial charge in [0.2, 0.25) is 0 Å². The van der Waals surface area contributed by atoms with Crippen LogP contribution in [0.3, 0.4) is 0 Å². The summed E-state index contributed by atoms with van der Waals surface area (Å²) in [5.41, 5.74) is 4.64. The van der Waals surface area contributed by atoms with Crippen LogP contribution in [0.5, 0.6) is 11.5 Å². The molecule has 1 heterocycles.